The van der Waals surface area contributed by atoms with Gasteiger partial charge in [0.1, 0.15) is 18.2 Å². The van der Waals surface area contributed by atoms with Crippen molar-refractivity contribution in [1.82, 2.24) is 9.88 Å². The first kappa shape index (κ1) is 16.1. The highest BCUT2D eigenvalue weighted by Gasteiger charge is 2.17. The van der Waals surface area contributed by atoms with Crippen LogP contribution < -0.4 is 9.64 Å². The molecule has 0 spiro atoms. The summed E-state index contributed by atoms with van der Waals surface area (Å²) in [5.74, 6) is 1.84. The van der Waals surface area contributed by atoms with Gasteiger partial charge in [-0.15, -0.1) is 0 Å². The van der Waals surface area contributed by atoms with Gasteiger partial charge in [0, 0.05) is 38.4 Å². The third-order valence-electron chi connectivity index (χ3n) is 4.07. The minimum Gasteiger partial charge on any atom is -0.491 e. The fourth-order valence-corrected chi connectivity index (χ4v) is 2.94. The molecule has 0 unspecified atom stereocenters. The van der Waals surface area contributed by atoms with Crippen LogP contribution in [0.4, 0.5) is 5.82 Å². The van der Waals surface area contributed by atoms with E-state index in [9.17, 15) is 0 Å². The summed E-state index contributed by atoms with van der Waals surface area (Å²) in [6.45, 7) is 7.67. The minimum absolute atomic E-state index is 0.659. The summed E-state index contributed by atoms with van der Waals surface area (Å²) in [7, 11) is 0. The van der Waals surface area contributed by atoms with Gasteiger partial charge >= 0.3 is 0 Å². The Hall–Kier alpha value is -1.78. The van der Waals surface area contributed by atoms with Gasteiger partial charge in [0.25, 0.3) is 0 Å². The number of piperazine rings is 1. The molecule has 0 bridgehead atoms. The molecule has 1 aromatic carbocycles. The zero-order chi connectivity index (χ0) is 16.1. The van der Waals surface area contributed by atoms with Crippen LogP contribution in [0.1, 0.15) is 5.69 Å². The van der Waals surface area contributed by atoms with E-state index in [-0.39, 0.29) is 0 Å². The summed E-state index contributed by atoms with van der Waals surface area (Å²) in [5.41, 5.74) is 1.07. The van der Waals surface area contributed by atoms with Crippen LogP contribution in [0, 0.1) is 6.92 Å². The number of pyridine rings is 1. The lowest BCUT2D eigenvalue weighted by molar-refractivity contribution is 0.200. The highest BCUT2D eigenvalue weighted by atomic mass is 35.5. The summed E-state index contributed by atoms with van der Waals surface area (Å²) in [6, 6.07) is 13.8. The second kappa shape index (κ2) is 7.66. The SMILES string of the molecule is Cc1cccc(N2CCN(CCOc3ccccc3Cl)CC2)n1. The topological polar surface area (TPSA) is 28.6 Å². The summed E-state index contributed by atoms with van der Waals surface area (Å²) in [6.07, 6.45) is 0. The van der Waals surface area contributed by atoms with Gasteiger partial charge in [-0.2, -0.15) is 0 Å². The fraction of sp³-hybridized carbons (Fsp3) is 0.389. The number of aromatic nitrogens is 1. The molecule has 5 heteroatoms. The van der Waals surface area contributed by atoms with E-state index in [0.29, 0.717) is 11.6 Å². The van der Waals surface area contributed by atoms with Gasteiger partial charge in [-0.25, -0.2) is 4.98 Å². The van der Waals surface area contributed by atoms with Gasteiger partial charge in [0.05, 0.1) is 5.02 Å². The standard InChI is InChI=1S/C18H22ClN3O/c1-15-5-4-8-18(20-15)22-11-9-21(10-12-22)13-14-23-17-7-3-2-6-16(17)19/h2-8H,9-14H2,1H3. The Morgan fingerprint density at radius 3 is 2.57 bits per heavy atom. The van der Waals surface area contributed by atoms with Crippen LogP contribution in [0.25, 0.3) is 0 Å². The molecule has 0 saturated carbocycles. The molecule has 2 aromatic rings. The van der Waals surface area contributed by atoms with Gasteiger partial charge in [0.15, 0.2) is 0 Å². The van der Waals surface area contributed by atoms with Crippen molar-refractivity contribution < 1.29 is 4.74 Å². The van der Waals surface area contributed by atoms with Crippen molar-refractivity contribution in [2.75, 3.05) is 44.2 Å². The maximum absolute atomic E-state index is 6.09. The molecule has 2 heterocycles. The molecule has 1 aliphatic rings. The lowest BCUT2D eigenvalue weighted by Crippen LogP contribution is -2.47. The van der Waals surface area contributed by atoms with Crippen molar-refractivity contribution in [3.63, 3.8) is 0 Å². The van der Waals surface area contributed by atoms with Crippen molar-refractivity contribution in [2.24, 2.45) is 0 Å². The van der Waals surface area contributed by atoms with Gasteiger partial charge in [-0.3, -0.25) is 4.90 Å². The first-order chi connectivity index (χ1) is 11.2. The third kappa shape index (κ3) is 4.36. The zero-order valence-corrected chi connectivity index (χ0v) is 14.2. The van der Waals surface area contributed by atoms with E-state index < -0.39 is 0 Å². The van der Waals surface area contributed by atoms with Crippen molar-refractivity contribution in [3.8, 4) is 5.75 Å². The molecule has 0 atom stereocenters. The predicted molar refractivity (Wildman–Crippen MR) is 94.6 cm³/mol. The molecule has 1 aliphatic heterocycles. The molecule has 0 radical (unpaired) electrons. The van der Waals surface area contributed by atoms with E-state index in [1.807, 2.05) is 37.3 Å². The summed E-state index contributed by atoms with van der Waals surface area (Å²) in [4.78, 5) is 9.37. The maximum Gasteiger partial charge on any atom is 0.137 e. The predicted octanol–water partition coefficient (Wildman–Crippen LogP) is 3.24. The lowest BCUT2D eigenvalue weighted by atomic mass is 10.3. The smallest absolute Gasteiger partial charge is 0.137 e. The average molecular weight is 332 g/mol. The van der Waals surface area contributed by atoms with Crippen LogP contribution in [0.5, 0.6) is 5.75 Å². The number of hydrogen-bond acceptors (Lipinski definition) is 4. The minimum atomic E-state index is 0.659. The molecule has 0 aliphatic carbocycles. The average Bonchev–Trinajstić information content (AvgIpc) is 2.57. The number of nitrogens with zero attached hydrogens (tertiary/aromatic N) is 3. The van der Waals surface area contributed by atoms with Crippen LogP contribution in [0.2, 0.25) is 5.02 Å². The quantitative estimate of drug-likeness (QED) is 0.841. The Bertz CT molecular complexity index is 642. The number of ether oxygens (including phenoxy) is 1. The number of anilines is 1. The Labute approximate surface area is 142 Å². The summed E-state index contributed by atoms with van der Waals surface area (Å²) in [5, 5.41) is 0.669. The third-order valence-corrected chi connectivity index (χ3v) is 4.38. The van der Waals surface area contributed by atoms with Crippen molar-refractivity contribution in [2.45, 2.75) is 6.92 Å². The first-order valence-electron chi connectivity index (χ1n) is 8.01. The molecule has 1 fully saturated rings. The number of rotatable bonds is 5. The highest BCUT2D eigenvalue weighted by Crippen LogP contribution is 2.23. The van der Waals surface area contributed by atoms with Crippen molar-refractivity contribution >= 4 is 17.4 Å². The molecule has 23 heavy (non-hydrogen) atoms. The molecule has 0 N–H and O–H groups in total. The normalized spacial score (nSPS) is 15.7. The largest absolute Gasteiger partial charge is 0.491 e. The molecule has 1 aromatic heterocycles. The fourth-order valence-electron chi connectivity index (χ4n) is 2.75. The monoisotopic (exact) mass is 331 g/mol. The summed E-state index contributed by atoms with van der Waals surface area (Å²) < 4.78 is 5.77. The number of para-hydroxylation sites is 1. The molecule has 122 valence electrons. The summed E-state index contributed by atoms with van der Waals surface area (Å²) >= 11 is 6.09. The number of aryl methyl sites for hydroxylation is 1. The van der Waals surface area contributed by atoms with Crippen molar-refractivity contribution in [1.29, 1.82) is 0 Å². The van der Waals surface area contributed by atoms with Gasteiger partial charge in [0.2, 0.25) is 0 Å². The second-order valence-corrected chi connectivity index (χ2v) is 6.15. The number of benzene rings is 1. The molecule has 4 nitrogen and oxygen atoms in total. The van der Waals surface area contributed by atoms with Crippen LogP contribution in [-0.2, 0) is 0 Å². The molecule has 3 rings (SSSR count). The Balaban J connectivity index is 1.44. The van der Waals surface area contributed by atoms with Crippen LogP contribution >= 0.6 is 11.6 Å². The maximum atomic E-state index is 6.09. The van der Waals surface area contributed by atoms with Gasteiger partial charge in [-0.05, 0) is 31.2 Å². The van der Waals surface area contributed by atoms with Gasteiger partial charge < -0.3 is 9.64 Å². The molecule has 0 amide bonds. The molecular formula is C18H22ClN3O. The zero-order valence-electron chi connectivity index (χ0n) is 13.4. The second-order valence-electron chi connectivity index (χ2n) is 5.74. The Morgan fingerprint density at radius 2 is 1.83 bits per heavy atom. The first-order valence-corrected chi connectivity index (χ1v) is 8.38. The van der Waals surface area contributed by atoms with E-state index in [1.165, 1.54) is 0 Å². The van der Waals surface area contributed by atoms with E-state index in [0.717, 1.165) is 50.0 Å². The van der Waals surface area contributed by atoms with Crippen LogP contribution in [0.3, 0.4) is 0 Å². The van der Waals surface area contributed by atoms with E-state index in [4.69, 9.17) is 16.3 Å². The van der Waals surface area contributed by atoms with Gasteiger partial charge in [-0.1, -0.05) is 29.8 Å². The Morgan fingerprint density at radius 1 is 1.04 bits per heavy atom. The highest BCUT2D eigenvalue weighted by molar-refractivity contribution is 6.32. The van der Waals surface area contributed by atoms with Crippen LogP contribution in [0.15, 0.2) is 42.5 Å². The number of halogens is 1. The van der Waals surface area contributed by atoms with E-state index in [2.05, 4.69) is 26.9 Å². The van der Waals surface area contributed by atoms with E-state index in [1.54, 1.807) is 0 Å². The molecule has 1 saturated heterocycles. The van der Waals surface area contributed by atoms with E-state index >= 15 is 0 Å². The lowest BCUT2D eigenvalue weighted by Gasteiger charge is -2.35. The van der Waals surface area contributed by atoms with Crippen LogP contribution in [-0.4, -0.2) is 49.2 Å². The van der Waals surface area contributed by atoms with Crippen molar-refractivity contribution in [3.05, 3.63) is 53.2 Å². The molecular weight excluding hydrogens is 310 g/mol. The number of hydrogen-bond donors (Lipinski definition) is 0. The Kier molecular flexibility index (Phi) is 5.36.